The molecule has 7 heteroatoms. The first-order valence-electron chi connectivity index (χ1n) is 11.5. The molecular formula is C24H29N3O4. The van der Waals surface area contributed by atoms with E-state index in [0.717, 1.165) is 49.3 Å². The van der Waals surface area contributed by atoms with Gasteiger partial charge in [0.15, 0.2) is 0 Å². The van der Waals surface area contributed by atoms with Crippen LogP contribution in [0.3, 0.4) is 0 Å². The molecule has 7 rings (SSSR count). The smallest absolute Gasteiger partial charge is 0.335 e. The van der Waals surface area contributed by atoms with Crippen LogP contribution in [0.2, 0.25) is 0 Å². The molecule has 164 valence electrons. The van der Waals surface area contributed by atoms with Gasteiger partial charge in [0.2, 0.25) is 0 Å². The predicted octanol–water partition coefficient (Wildman–Crippen LogP) is 3.41. The number of carbonyl (C=O) groups is 1. The average Bonchev–Trinajstić information content (AvgIpc) is 3.51. The van der Waals surface area contributed by atoms with E-state index in [1.165, 1.54) is 18.5 Å². The van der Waals surface area contributed by atoms with Crippen LogP contribution in [-0.4, -0.2) is 37.6 Å². The van der Waals surface area contributed by atoms with Crippen molar-refractivity contribution in [1.29, 1.82) is 0 Å². The first-order valence-corrected chi connectivity index (χ1v) is 11.5. The third-order valence-corrected chi connectivity index (χ3v) is 7.95. The van der Waals surface area contributed by atoms with Crippen molar-refractivity contribution in [3.63, 3.8) is 0 Å². The highest BCUT2D eigenvalue weighted by molar-refractivity contribution is 5.87. The summed E-state index contributed by atoms with van der Waals surface area (Å²) in [5.41, 5.74) is 6.86. The van der Waals surface area contributed by atoms with Crippen molar-refractivity contribution in [3.05, 3.63) is 47.3 Å². The van der Waals surface area contributed by atoms with Gasteiger partial charge in [0, 0.05) is 17.0 Å². The molecule has 5 aliphatic carbocycles. The van der Waals surface area contributed by atoms with Gasteiger partial charge >= 0.3 is 5.97 Å². The molecule has 31 heavy (non-hydrogen) atoms. The van der Waals surface area contributed by atoms with Gasteiger partial charge in [0.05, 0.1) is 35.9 Å². The summed E-state index contributed by atoms with van der Waals surface area (Å²) in [5, 5.41) is 24.2. The number of benzene rings is 1. The van der Waals surface area contributed by atoms with E-state index in [0.29, 0.717) is 24.4 Å². The van der Waals surface area contributed by atoms with E-state index in [4.69, 9.17) is 9.94 Å². The van der Waals surface area contributed by atoms with E-state index in [2.05, 4.69) is 10.6 Å². The molecule has 0 amide bonds. The van der Waals surface area contributed by atoms with E-state index < -0.39 is 5.97 Å². The molecule has 5 saturated carbocycles. The number of aliphatic hydroxyl groups is 1. The number of hydrogen-bond donors (Lipinski definition) is 3. The molecule has 4 bridgehead atoms. The van der Waals surface area contributed by atoms with Gasteiger partial charge in [-0.1, -0.05) is 0 Å². The number of carboxylic acids is 1. The van der Waals surface area contributed by atoms with Gasteiger partial charge in [-0.05, 0) is 87.0 Å². The number of rotatable bonds is 7. The monoisotopic (exact) mass is 423 g/mol. The van der Waals surface area contributed by atoms with Crippen molar-refractivity contribution in [1.82, 2.24) is 15.3 Å². The second-order valence-electron chi connectivity index (χ2n) is 10.2. The van der Waals surface area contributed by atoms with Gasteiger partial charge in [0.25, 0.3) is 0 Å². The van der Waals surface area contributed by atoms with Crippen molar-refractivity contribution in [2.24, 2.45) is 17.8 Å². The number of hydrogen-bond acceptors (Lipinski definition) is 5. The normalized spacial score (nSPS) is 33.7. The lowest BCUT2D eigenvalue weighted by molar-refractivity contribution is -0.158. The van der Waals surface area contributed by atoms with Crippen molar-refractivity contribution < 1.29 is 19.8 Å². The molecule has 1 aromatic heterocycles. The minimum absolute atomic E-state index is 0.0120. The molecule has 0 spiro atoms. The highest BCUT2D eigenvalue weighted by Crippen LogP contribution is 2.55. The van der Waals surface area contributed by atoms with Gasteiger partial charge < -0.3 is 10.2 Å². The van der Waals surface area contributed by atoms with Crippen LogP contribution in [0, 0.1) is 17.8 Å². The Bertz CT molecular complexity index is 981. The maximum Gasteiger partial charge on any atom is 0.335 e. The molecule has 2 atom stereocenters. The molecule has 2 aromatic rings. The SMILES string of the molecule is O=C(O)c1ccc(-n2ncc(CON[C@]34CC5CC(C3)[C@H](O)C(C5)C4)c2C2CC2)cc1. The van der Waals surface area contributed by atoms with Crippen LogP contribution in [0.25, 0.3) is 5.69 Å². The fourth-order valence-electron chi connectivity index (χ4n) is 6.64. The van der Waals surface area contributed by atoms with E-state index in [1.807, 2.05) is 23.0 Å². The molecule has 1 aromatic carbocycles. The molecule has 5 aliphatic rings. The van der Waals surface area contributed by atoms with Crippen LogP contribution in [0.5, 0.6) is 0 Å². The Kier molecular flexibility index (Phi) is 4.49. The third-order valence-electron chi connectivity index (χ3n) is 7.95. The number of nitrogens with zero attached hydrogens (tertiary/aromatic N) is 2. The van der Waals surface area contributed by atoms with E-state index in [-0.39, 0.29) is 17.2 Å². The lowest BCUT2D eigenvalue weighted by atomic mass is 9.52. The molecule has 0 radical (unpaired) electrons. The predicted molar refractivity (Wildman–Crippen MR) is 113 cm³/mol. The Labute approximate surface area is 181 Å². The molecular weight excluding hydrogens is 394 g/mol. The number of aromatic carboxylic acids is 1. The topological polar surface area (TPSA) is 96.6 Å². The second-order valence-corrected chi connectivity index (χ2v) is 10.2. The van der Waals surface area contributed by atoms with Gasteiger partial charge in [-0.15, -0.1) is 0 Å². The maximum absolute atomic E-state index is 11.1. The quantitative estimate of drug-likeness (QED) is 0.591. The van der Waals surface area contributed by atoms with Crippen molar-refractivity contribution in [2.75, 3.05) is 0 Å². The number of hydroxylamine groups is 1. The Balaban J connectivity index is 1.17. The zero-order valence-corrected chi connectivity index (χ0v) is 17.5. The van der Waals surface area contributed by atoms with Crippen molar-refractivity contribution >= 4 is 5.97 Å². The summed E-state index contributed by atoms with van der Waals surface area (Å²) in [6.45, 7) is 0.462. The third kappa shape index (κ3) is 3.39. The van der Waals surface area contributed by atoms with Gasteiger partial charge in [-0.3, -0.25) is 4.84 Å². The number of aromatic nitrogens is 2. The Morgan fingerprint density at radius 2 is 1.87 bits per heavy atom. The minimum atomic E-state index is -0.924. The fourth-order valence-corrected chi connectivity index (χ4v) is 6.64. The Morgan fingerprint density at radius 3 is 2.52 bits per heavy atom. The van der Waals surface area contributed by atoms with Gasteiger partial charge in [-0.25, -0.2) is 9.48 Å². The lowest BCUT2D eigenvalue weighted by Crippen LogP contribution is -2.62. The number of nitrogens with one attached hydrogen (secondary N) is 1. The van der Waals surface area contributed by atoms with Crippen LogP contribution in [0.4, 0.5) is 0 Å². The minimum Gasteiger partial charge on any atom is -0.478 e. The van der Waals surface area contributed by atoms with Crippen LogP contribution >= 0.6 is 0 Å². The van der Waals surface area contributed by atoms with E-state index >= 15 is 0 Å². The first-order chi connectivity index (χ1) is 15.0. The van der Waals surface area contributed by atoms with E-state index in [9.17, 15) is 9.90 Å². The number of carboxylic acid groups (broad SMARTS) is 1. The van der Waals surface area contributed by atoms with Crippen LogP contribution in [0.1, 0.15) is 72.5 Å². The van der Waals surface area contributed by atoms with E-state index in [1.54, 1.807) is 12.1 Å². The second kappa shape index (κ2) is 7.15. The van der Waals surface area contributed by atoms with Crippen LogP contribution < -0.4 is 5.48 Å². The summed E-state index contributed by atoms with van der Waals surface area (Å²) in [5.74, 6) is 1.11. The lowest BCUT2D eigenvalue weighted by Gasteiger charge is -2.58. The zero-order valence-electron chi connectivity index (χ0n) is 17.5. The Hall–Kier alpha value is -2.22. The largest absolute Gasteiger partial charge is 0.478 e. The molecule has 3 N–H and O–H groups in total. The number of aliphatic hydroxyl groups excluding tert-OH is 1. The maximum atomic E-state index is 11.1. The molecule has 1 heterocycles. The molecule has 0 aliphatic heterocycles. The highest BCUT2D eigenvalue weighted by Gasteiger charge is 2.55. The summed E-state index contributed by atoms with van der Waals surface area (Å²) in [7, 11) is 0. The highest BCUT2D eigenvalue weighted by atomic mass is 16.6. The van der Waals surface area contributed by atoms with Crippen LogP contribution in [-0.2, 0) is 11.4 Å². The summed E-state index contributed by atoms with van der Waals surface area (Å²) in [4.78, 5) is 17.2. The molecule has 2 unspecified atom stereocenters. The Morgan fingerprint density at radius 1 is 1.16 bits per heavy atom. The summed E-state index contributed by atoms with van der Waals surface area (Å²) >= 11 is 0. The zero-order chi connectivity index (χ0) is 21.2. The van der Waals surface area contributed by atoms with Crippen molar-refractivity contribution in [2.45, 2.75) is 69.1 Å². The molecule has 7 nitrogen and oxygen atoms in total. The summed E-state index contributed by atoms with van der Waals surface area (Å²) < 4.78 is 1.93. The molecule has 0 saturated heterocycles. The fraction of sp³-hybridized carbons (Fsp3) is 0.583. The van der Waals surface area contributed by atoms with Crippen molar-refractivity contribution in [3.8, 4) is 5.69 Å². The standard InChI is InChI=1S/C24H29N3O4/c28-22-17-7-14-8-18(22)11-24(9-14,10-17)26-31-13-19-12-25-27(21(19)15-1-2-15)20-5-3-16(4-6-20)23(29)30/h3-6,12,14-15,17-18,22,26,28H,1-2,7-11,13H2,(H,29,30)/t14?,17?,18?,22-,24+. The summed E-state index contributed by atoms with van der Waals surface area (Å²) in [6.07, 6.45) is 9.54. The first kappa shape index (κ1) is 19.5. The average molecular weight is 424 g/mol. The van der Waals surface area contributed by atoms with Gasteiger partial charge in [-0.2, -0.15) is 10.6 Å². The van der Waals surface area contributed by atoms with Crippen LogP contribution in [0.15, 0.2) is 30.5 Å². The molecule has 5 fully saturated rings. The van der Waals surface area contributed by atoms with Gasteiger partial charge in [0.1, 0.15) is 0 Å². The summed E-state index contributed by atoms with van der Waals surface area (Å²) in [6, 6.07) is 6.86.